The van der Waals surface area contributed by atoms with Gasteiger partial charge in [-0.05, 0) is 36.6 Å². The first kappa shape index (κ1) is 12.1. The molecular weight excluding hydrogens is 232 g/mol. The van der Waals surface area contributed by atoms with E-state index in [9.17, 15) is 0 Å². The van der Waals surface area contributed by atoms with Gasteiger partial charge in [-0.3, -0.25) is 0 Å². The fourth-order valence-electron chi connectivity index (χ4n) is 1.90. The van der Waals surface area contributed by atoms with Crippen LogP contribution in [0.1, 0.15) is 28.4 Å². The summed E-state index contributed by atoms with van der Waals surface area (Å²) in [5, 5.41) is 1.99. The number of aryl methyl sites for hydroxylation is 2. The molecule has 3 nitrogen and oxygen atoms in total. The van der Waals surface area contributed by atoms with E-state index in [0.717, 1.165) is 28.1 Å². The van der Waals surface area contributed by atoms with Gasteiger partial charge in [-0.1, -0.05) is 6.07 Å². The molecule has 1 aromatic heterocycles. The topological polar surface area (TPSA) is 48.1 Å². The van der Waals surface area contributed by atoms with Gasteiger partial charge in [0.05, 0.1) is 24.4 Å². The van der Waals surface area contributed by atoms with Gasteiger partial charge in [0.2, 0.25) is 0 Å². The molecule has 0 saturated carbocycles. The van der Waals surface area contributed by atoms with Crippen molar-refractivity contribution < 1.29 is 4.74 Å². The van der Waals surface area contributed by atoms with Gasteiger partial charge in [0.1, 0.15) is 5.75 Å². The third kappa shape index (κ3) is 2.33. The molecule has 0 radical (unpaired) electrons. The maximum Gasteiger partial charge on any atom is 0.122 e. The molecule has 0 spiro atoms. The van der Waals surface area contributed by atoms with Crippen LogP contribution in [0.4, 0.5) is 0 Å². The number of aromatic nitrogens is 1. The summed E-state index contributed by atoms with van der Waals surface area (Å²) in [6, 6.07) is 3.94. The van der Waals surface area contributed by atoms with Crippen LogP contribution in [0.3, 0.4) is 0 Å². The number of benzene rings is 1. The van der Waals surface area contributed by atoms with E-state index < -0.39 is 0 Å². The zero-order chi connectivity index (χ0) is 12.4. The number of nitrogens with zero attached hydrogens (tertiary/aromatic N) is 1. The van der Waals surface area contributed by atoms with Crippen molar-refractivity contribution in [2.45, 2.75) is 19.9 Å². The van der Waals surface area contributed by atoms with Gasteiger partial charge < -0.3 is 10.5 Å². The molecule has 2 rings (SSSR count). The lowest BCUT2D eigenvalue weighted by Crippen LogP contribution is -2.14. The van der Waals surface area contributed by atoms with Crippen molar-refractivity contribution in [1.82, 2.24) is 4.98 Å². The van der Waals surface area contributed by atoms with Gasteiger partial charge >= 0.3 is 0 Å². The lowest BCUT2D eigenvalue weighted by atomic mass is 9.97. The zero-order valence-corrected chi connectivity index (χ0v) is 11.0. The molecule has 0 aliphatic heterocycles. The summed E-state index contributed by atoms with van der Waals surface area (Å²) < 4.78 is 5.30. The molecule has 1 aromatic carbocycles. The minimum Gasteiger partial charge on any atom is -0.496 e. The van der Waals surface area contributed by atoms with Gasteiger partial charge in [0.25, 0.3) is 0 Å². The number of nitrogens with two attached hydrogens (primary N) is 1. The number of ether oxygens (including phenoxy) is 1. The normalized spacial score (nSPS) is 12.5. The summed E-state index contributed by atoms with van der Waals surface area (Å²) in [7, 11) is 1.68. The van der Waals surface area contributed by atoms with Gasteiger partial charge in [-0.15, -0.1) is 11.3 Å². The largest absolute Gasteiger partial charge is 0.496 e. The van der Waals surface area contributed by atoms with E-state index in [1.165, 1.54) is 0 Å². The lowest BCUT2D eigenvalue weighted by molar-refractivity contribution is 0.411. The second kappa shape index (κ2) is 4.85. The molecule has 0 aliphatic rings. The molecule has 0 aliphatic carbocycles. The lowest BCUT2D eigenvalue weighted by Gasteiger charge is -2.15. The minimum absolute atomic E-state index is 0.161. The Morgan fingerprint density at radius 1 is 1.29 bits per heavy atom. The van der Waals surface area contributed by atoms with E-state index in [2.05, 4.69) is 11.1 Å². The van der Waals surface area contributed by atoms with Crippen LogP contribution in [0.5, 0.6) is 5.75 Å². The van der Waals surface area contributed by atoms with Crippen LogP contribution < -0.4 is 10.5 Å². The maximum atomic E-state index is 6.23. The first-order chi connectivity index (χ1) is 8.13. The number of hydrogen-bond acceptors (Lipinski definition) is 4. The summed E-state index contributed by atoms with van der Waals surface area (Å²) in [6.45, 7) is 4.07. The molecule has 90 valence electrons. The summed E-state index contributed by atoms with van der Waals surface area (Å²) in [5.74, 6) is 0.900. The van der Waals surface area contributed by atoms with Crippen molar-refractivity contribution in [3.05, 3.63) is 45.4 Å². The van der Waals surface area contributed by atoms with Crippen LogP contribution in [0.15, 0.2) is 23.0 Å². The minimum atomic E-state index is -0.161. The van der Waals surface area contributed by atoms with E-state index in [1.807, 2.05) is 25.3 Å². The van der Waals surface area contributed by atoms with Crippen molar-refractivity contribution >= 4 is 11.3 Å². The van der Waals surface area contributed by atoms with Crippen LogP contribution in [0, 0.1) is 13.8 Å². The Morgan fingerprint density at radius 3 is 2.65 bits per heavy atom. The summed E-state index contributed by atoms with van der Waals surface area (Å²) >= 11 is 1.56. The molecule has 0 bridgehead atoms. The molecule has 0 fully saturated rings. The molecule has 0 saturated heterocycles. The van der Waals surface area contributed by atoms with Crippen molar-refractivity contribution in [2.24, 2.45) is 5.73 Å². The third-order valence-corrected chi connectivity index (χ3v) is 3.49. The number of rotatable bonds is 3. The van der Waals surface area contributed by atoms with Gasteiger partial charge in [-0.2, -0.15) is 0 Å². The van der Waals surface area contributed by atoms with Gasteiger partial charge in [-0.25, -0.2) is 4.98 Å². The number of thiazole rings is 1. The second-order valence-corrected chi connectivity index (χ2v) is 4.79. The highest BCUT2D eigenvalue weighted by Gasteiger charge is 2.15. The third-order valence-electron chi connectivity index (χ3n) is 2.89. The highest BCUT2D eigenvalue weighted by molar-refractivity contribution is 7.07. The second-order valence-electron chi connectivity index (χ2n) is 4.07. The fourth-order valence-corrected chi connectivity index (χ4v) is 2.49. The van der Waals surface area contributed by atoms with E-state index in [-0.39, 0.29) is 6.04 Å². The molecule has 1 unspecified atom stereocenters. The standard InChI is InChI=1S/C13H16N2OS/c1-8-5-12(16-3)9(2)4-10(8)13(14)11-6-17-7-15-11/h4-7,13H,14H2,1-3H3. The Morgan fingerprint density at radius 2 is 2.06 bits per heavy atom. The van der Waals surface area contributed by atoms with Gasteiger partial charge in [0, 0.05) is 5.38 Å². The number of methoxy groups -OCH3 is 1. The molecule has 1 atom stereocenters. The molecule has 2 N–H and O–H groups in total. The fraction of sp³-hybridized carbons (Fsp3) is 0.308. The maximum absolute atomic E-state index is 6.23. The van der Waals surface area contributed by atoms with Crippen molar-refractivity contribution in [3.63, 3.8) is 0 Å². The van der Waals surface area contributed by atoms with E-state index in [4.69, 9.17) is 10.5 Å². The van der Waals surface area contributed by atoms with Crippen LogP contribution in [-0.4, -0.2) is 12.1 Å². The molecular formula is C13H16N2OS. The molecule has 1 heterocycles. The predicted octanol–water partition coefficient (Wildman–Crippen LogP) is 2.82. The highest BCUT2D eigenvalue weighted by Crippen LogP contribution is 2.28. The summed E-state index contributed by atoms with van der Waals surface area (Å²) in [6.07, 6.45) is 0. The van der Waals surface area contributed by atoms with Crippen LogP contribution in [0.25, 0.3) is 0 Å². The number of hydrogen-bond donors (Lipinski definition) is 1. The molecule has 0 amide bonds. The summed E-state index contributed by atoms with van der Waals surface area (Å²) in [5.41, 5.74) is 12.3. The highest BCUT2D eigenvalue weighted by atomic mass is 32.1. The SMILES string of the molecule is COc1cc(C)c(C(N)c2cscn2)cc1C. The smallest absolute Gasteiger partial charge is 0.122 e. The van der Waals surface area contributed by atoms with Crippen molar-refractivity contribution in [3.8, 4) is 5.75 Å². The summed E-state index contributed by atoms with van der Waals surface area (Å²) in [4.78, 5) is 4.27. The first-order valence-corrected chi connectivity index (χ1v) is 6.36. The molecule has 4 heteroatoms. The van der Waals surface area contributed by atoms with Crippen LogP contribution in [-0.2, 0) is 0 Å². The Bertz CT molecular complexity index is 508. The first-order valence-electron chi connectivity index (χ1n) is 5.42. The zero-order valence-electron chi connectivity index (χ0n) is 10.2. The molecule has 17 heavy (non-hydrogen) atoms. The van der Waals surface area contributed by atoms with E-state index in [0.29, 0.717) is 0 Å². The Hall–Kier alpha value is -1.39. The quantitative estimate of drug-likeness (QED) is 0.908. The van der Waals surface area contributed by atoms with Crippen LogP contribution in [0.2, 0.25) is 0 Å². The Kier molecular flexibility index (Phi) is 3.45. The average molecular weight is 248 g/mol. The van der Waals surface area contributed by atoms with Crippen LogP contribution >= 0.6 is 11.3 Å². The molecule has 2 aromatic rings. The van der Waals surface area contributed by atoms with E-state index in [1.54, 1.807) is 24.0 Å². The van der Waals surface area contributed by atoms with Crippen molar-refractivity contribution in [1.29, 1.82) is 0 Å². The van der Waals surface area contributed by atoms with E-state index >= 15 is 0 Å². The van der Waals surface area contributed by atoms with Crippen molar-refractivity contribution in [2.75, 3.05) is 7.11 Å². The average Bonchev–Trinajstić information content (AvgIpc) is 2.84. The monoisotopic (exact) mass is 248 g/mol. The predicted molar refractivity (Wildman–Crippen MR) is 70.6 cm³/mol. The van der Waals surface area contributed by atoms with Gasteiger partial charge in [0.15, 0.2) is 0 Å². The Labute approximate surface area is 105 Å². The Balaban J connectivity index is 2.42.